The number of benzene rings is 1. The number of nitrogens with zero attached hydrogens (tertiary/aromatic N) is 5. The van der Waals surface area contributed by atoms with Crippen LogP contribution < -0.4 is 5.32 Å². The minimum atomic E-state index is 0.250. The first kappa shape index (κ1) is 12.7. The number of hydrogen-bond acceptors (Lipinski definition) is 6. The Hall–Kier alpha value is -3.27. The molecule has 7 nitrogen and oxygen atoms in total. The lowest BCUT2D eigenvalue weighted by molar-refractivity contribution is 0.881. The van der Waals surface area contributed by atoms with Crippen molar-refractivity contribution in [3.05, 3.63) is 48.1 Å². The lowest BCUT2D eigenvalue weighted by Crippen LogP contribution is -1.96. The van der Waals surface area contributed by atoms with E-state index in [0.717, 1.165) is 22.3 Å². The highest BCUT2D eigenvalue weighted by atomic mass is 15.5. The van der Waals surface area contributed by atoms with Crippen LogP contribution in [0, 0.1) is 18.3 Å². The van der Waals surface area contributed by atoms with Crippen LogP contribution in [0.15, 0.2) is 36.5 Å². The van der Waals surface area contributed by atoms with Gasteiger partial charge in [-0.2, -0.15) is 10.5 Å². The lowest BCUT2D eigenvalue weighted by Gasteiger charge is -2.07. The molecule has 0 unspecified atom stereocenters. The van der Waals surface area contributed by atoms with Crippen molar-refractivity contribution in [1.29, 1.82) is 5.26 Å². The molecule has 0 aliphatic carbocycles. The minimum absolute atomic E-state index is 0.250. The van der Waals surface area contributed by atoms with Crippen LogP contribution in [-0.4, -0.2) is 25.6 Å². The molecule has 2 N–H and O–H groups in total. The Kier molecular flexibility index (Phi) is 3.27. The number of aryl methyl sites for hydroxylation is 1. The van der Waals surface area contributed by atoms with Crippen molar-refractivity contribution in [3.63, 3.8) is 0 Å². The number of aromatic amines is 1. The van der Waals surface area contributed by atoms with Gasteiger partial charge >= 0.3 is 0 Å². The second-order valence-corrected chi connectivity index (χ2v) is 4.38. The Morgan fingerprint density at radius 2 is 2.24 bits per heavy atom. The average molecular weight is 277 g/mol. The SMILES string of the molecule is Cc1cc(N/C=C(/C#N)c2nn[nH]n2)c2ccccc2n1. The molecule has 0 atom stereocenters. The summed E-state index contributed by atoms with van der Waals surface area (Å²) in [5.74, 6) is 0.250. The molecule has 2 heterocycles. The van der Waals surface area contributed by atoms with E-state index in [2.05, 4.69) is 30.9 Å². The third-order valence-corrected chi connectivity index (χ3v) is 2.92. The summed E-state index contributed by atoms with van der Waals surface area (Å²) in [5.41, 5.74) is 2.95. The fourth-order valence-corrected chi connectivity index (χ4v) is 2.00. The summed E-state index contributed by atoms with van der Waals surface area (Å²) >= 11 is 0. The second kappa shape index (κ2) is 5.38. The van der Waals surface area contributed by atoms with Gasteiger partial charge in [-0.1, -0.05) is 18.2 Å². The normalized spacial score (nSPS) is 11.3. The highest BCUT2D eigenvalue weighted by Crippen LogP contribution is 2.23. The molecule has 1 aromatic carbocycles. The van der Waals surface area contributed by atoms with E-state index < -0.39 is 0 Å². The molecule has 102 valence electrons. The number of allylic oxidation sites excluding steroid dienone is 1. The van der Waals surface area contributed by atoms with Crippen LogP contribution in [0.1, 0.15) is 11.5 Å². The number of hydrogen-bond donors (Lipinski definition) is 2. The standard InChI is InChI=1S/C14H11N7/c1-9-6-13(11-4-2-3-5-12(11)17-9)16-8-10(7-15)14-18-20-21-19-14/h2-6,8H,1H3,(H,16,17)(H,18,19,20,21)/b10-8-. The van der Waals surface area contributed by atoms with E-state index in [1.807, 2.05) is 43.3 Å². The number of pyridine rings is 1. The number of nitrogens with one attached hydrogen (secondary N) is 2. The largest absolute Gasteiger partial charge is 0.360 e. The van der Waals surface area contributed by atoms with Gasteiger partial charge in [0.05, 0.1) is 5.52 Å². The smallest absolute Gasteiger partial charge is 0.216 e. The van der Waals surface area contributed by atoms with Gasteiger partial charge in [-0.3, -0.25) is 4.98 Å². The minimum Gasteiger partial charge on any atom is -0.360 e. The van der Waals surface area contributed by atoms with Gasteiger partial charge in [0.15, 0.2) is 0 Å². The van der Waals surface area contributed by atoms with E-state index in [4.69, 9.17) is 5.26 Å². The monoisotopic (exact) mass is 277 g/mol. The van der Waals surface area contributed by atoms with Crippen LogP contribution in [0.5, 0.6) is 0 Å². The number of para-hydroxylation sites is 1. The Labute approximate surface area is 120 Å². The van der Waals surface area contributed by atoms with Crippen molar-refractivity contribution in [2.24, 2.45) is 0 Å². The molecule has 21 heavy (non-hydrogen) atoms. The third kappa shape index (κ3) is 2.55. The van der Waals surface area contributed by atoms with Gasteiger partial charge in [0.25, 0.3) is 0 Å². The maximum Gasteiger partial charge on any atom is 0.216 e. The molecule has 3 rings (SSSR count). The Balaban J connectivity index is 2.00. The summed E-state index contributed by atoms with van der Waals surface area (Å²) in [6.45, 7) is 1.92. The topological polar surface area (TPSA) is 103 Å². The molecule has 2 aromatic heterocycles. The van der Waals surface area contributed by atoms with Gasteiger partial charge in [-0.05, 0) is 24.3 Å². The lowest BCUT2D eigenvalue weighted by atomic mass is 10.1. The quantitative estimate of drug-likeness (QED) is 0.710. The summed E-state index contributed by atoms with van der Waals surface area (Å²) in [4.78, 5) is 4.47. The van der Waals surface area contributed by atoms with Gasteiger partial charge in [-0.15, -0.1) is 10.2 Å². The zero-order valence-electron chi connectivity index (χ0n) is 11.2. The van der Waals surface area contributed by atoms with E-state index in [0.29, 0.717) is 5.57 Å². The van der Waals surface area contributed by atoms with Crippen molar-refractivity contribution in [1.82, 2.24) is 25.6 Å². The van der Waals surface area contributed by atoms with Crippen LogP contribution >= 0.6 is 0 Å². The molecule has 0 aliphatic heterocycles. The van der Waals surface area contributed by atoms with Crippen molar-refractivity contribution >= 4 is 22.2 Å². The number of anilines is 1. The third-order valence-electron chi connectivity index (χ3n) is 2.92. The van der Waals surface area contributed by atoms with E-state index >= 15 is 0 Å². The van der Waals surface area contributed by atoms with Crippen molar-refractivity contribution in [3.8, 4) is 6.07 Å². The molecular formula is C14H11N7. The number of H-pyrrole nitrogens is 1. The molecule has 0 bridgehead atoms. The first-order valence-corrected chi connectivity index (χ1v) is 6.25. The highest BCUT2D eigenvalue weighted by Gasteiger charge is 2.07. The summed E-state index contributed by atoms with van der Waals surface area (Å²) in [6, 6.07) is 11.8. The molecule has 0 radical (unpaired) electrons. The Bertz CT molecular complexity index is 843. The maximum atomic E-state index is 9.15. The van der Waals surface area contributed by atoms with Crippen LogP contribution in [0.25, 0.3) is 16.5 Å². The van der Waals surface area contributed by atoms with Gasteiger partial charge in [-0.25, -0.2) is 0 Å². The first-order chi connectivity index (χ1) is 10.3. The molecule has 0 aliphatic rings. The molecule has 0 amide bonds. The predicted octanol–water partition coefficient (Wildman–Crippen LogP) is 2.03. The number of fused-ring (bicyclic) bond motifs is 1. The van der Waals surface area contributed by atoms with E-state index in [-0.39, 0.29) is 5.82 Å². The van der Waals surface area contributed by atoms with Crippen LogP contribution in [0.3, 0.4) is 0 Å². The maximum absolute atomic E-state index is 9.15. The number of rotatable bonds is 3. The van der Waals surface area contributed by atoms with Gasteiger partial charge in [0, 0.05) is 23.0 Å². The number of nitriles is 1. The first-order valence-electron chi connectivity index (χ1n) is 6.25. The summed E-state index contributed by atoms with van der Waals surface area (Å²) < 4.78 is 0. The molecular weight excluding hydrogens is 266 g/mol. The number of tetrazole rings is 1. The van der Waals surface area contributed by atoms with Crippen LogP contribution in [0.4, 0.5) is 5.69 Å². The average Bonchev–Trinajstić information content (AvgIpc) is 3.02. The summed E-state index contributed by atoms with van der Waals surface area (Å²) in [5, 5.41) is 26.6. The molecule has 0 saturated heterocycles. The van der Waals surface area contributed by atoms with E-state index in [1.165, 1.54) is 0 Å². The highest BCUT2D eigenvalue weighted by molar-refractivity contribution is 5.92. The number of aromatic nitrogens is 5. The molecule has 3 aromatic rings. The molecule has 7 heteroatoms. The van der Waals surface area contributed by atoms with Gasteiger partial charge in [0.2, 0.25) is 5.82 Å². The molecule has 0 saturated carbocycles. The van der Waals surface area contributed by atoms with Crippen molar-refractivity contribution in [2.75, 3.05) is 5.32 Å². The van der Waals surface area contributed by atoms with Crippen molar-refractivity contribution < 1.29 is 0 Å². The second-order valence-electron chi connectivity index (χ2n) is 4.38. The van der Waals surface area contributed by atoms with Crippen LogP contribution in [-0.2, 0) is 0 Å². The zero-order valence-corrected chi connectivity index (χ0v) is 11.2. The predicted molar refractivity (Wildman–Crippen MR) is 77.9 cm³/mol. The Morgan fingerprint density at radius 1 is 1.38 bits per heavy atom. The fraction of sp³-hybridized carbons (Fsp3) is 0.0714. The van der Waals surface area contributed by atoms with E-state index in [1.54, 1.807) is 6.20 Å². The Morgan fingerprint density at radius 3 is 3.00 bits per heavy atom. The summed E-state index contributed by atoms with van der Waals surface area (Å²) in [6.07, 6.45) is 1.56. The van der Waals surface area contributed by atoms with Gasteiger partial charge < -0.3 is 5.32 Å². The fourth-order valence-electron chi connectivity index (χ4n) is 2.00. The van der Waals surface area contributed by atoms with Gasteiger partial charge in [0.1, 0.15) is 11.6 Å². The molecule has 0 fully saturated rings. The summed E-state index contributed by atoms with van der Waals surface area (Å²) in [7, 11) is 0. The molecule has 0 spiro atoms. The zero-order chi connectivity index (χ0) is 14.7. The van der Waals surface area contributed by atoms with E-state index in [9.17, 15) is 0 Å². The van der Waals surface area contributed by atoms with Crippen molar-refractivity contribution in [2.45, 2.75) is 6.92 Å². The van der Waals surface area contributed by atoms with Crippen LogP contribution in [0.2, 0.25) is 0 Å².